The number of pyridine rings is 1. The zero-order chi connectivity index (χ0) is 8.97. The number of aryl methyl sites for hydroxylation is 1. The lowest BCUT2D eigenvalue weighted by molar-refractivity contribution is 0.600. The summed E-state index contributed by atoms with van der Waals surface area (Å²) in [4.78, 5) is 4.42. The normalized spacial score (nSPS) is 11.1. The van der Waals surface area contributed by atoms with Crippen LogP contribution in [0.1, 0.15) is 18.3 Å². The van der Waals surface area contributed by atoms with Crippen LogP contribution >= 0.6 is 24.8 Å². The van der Waals surface area contributed by atoms with Gasteiger partial charge in [0.1, 0.15) is 0 Å². The lowest BCUT2D eigenvalue weighted by Crippen LogP contribution is -2.24. The van der Waals surface area contributed by atoms with Crippen LogP contribution in [-0.4, -0.2) is 18.1 Å². The second kappa shape index (κ2) is 8.04. The van der Waals surface area contributed by atoms with Gasteiger partial charge in [0.15, 0.2) is 0 Å². The molecule has 1 heterocycles. The van der Waals surface area contributed by atoms with Gasteiger partial charge in [0.25, 0.3) is 0 Å². The first-order valence-electron chi connectivity index (χ1n) is 4.32. The molecule has 82 valence electrons. The molecule has 2 nitrogen and oxygen atoms in total. The molecular formula is C10H18Cl2N2. The van der Waals surface area contributed by atoms with Crippen molar-refractivity contribution in [2.75, 3.05) is 7.05 Å². The fourth-order valence-electron chi connectivity index (χ4n) is 1.13. The minimum atomic E-state index is 0. The van der Waals surface area contributed by atoms with E-state index in [-0.39, 0.29) is 24.8 Å². The van der Waals surface area contributed by atoms with E-state index in [1.54, 1.807) is 0 Å². The van der Waals surface area contributed by atoms with Crippen LogP contribution in [0.25, 0.3) is 0 Å². The summed E-state index contributed by atoms with van der Waals surface area (Å²) >= 11 is 0. The average molecular weight is 237 g/mol. The van der Waals surface area contributed by atoms with Gasteiger partial charge in [-0.15, -0.1) is 24.8 Å². The lowest BCUT2D eigenvalue weighted by atomic mass is 10.1. The summed E-state index contributed by atoms with van der Waals surface area (Å²) in [6.45, 7) is 4.18. The smallest absolute Gasteiger partial charge is 0.0422 e. The monoisotopic (exact) mass is 236 g/mol. The molecule has 0 fully saturated rings. The van der Waals surface area contributed by atoms with Crippen molar-refractivity contribution in [1.29, 1.82) is 0 Å². The van der Waals surface area contributed by atoms with Crippen molar-refractivity contribution in [3.05, 3.63) is 29.6 Å². The molecule has 1 N–H and O–H groups in total. The van der Waals surface area contributed by atoms with Crippen molar-refractivity contribution in [3.63, 3.8) is 0 Å². The number of aromatic nitrogens is 1. The summed E-state index contributed by atoms with van der Waals surface area (Å²) in [5.41, 5.74) is 2.26. The Kier molecular flexibility index (Phi) is 9.26. The van der Waals surface area contributed by atoms with E-state index in [0.29, 0.717) is 6.04 Å². The number of nitrogens with one attached hydrogen (secondary N) is 1. The number of likely N-dealkylation sites (N-methyl/N-ethyl adjacent to an activating group) is 1. The largest absolute Gasteiger partial charge is 0.317 e. The molecule has 1 atom stereocenters. The molecule has 0 aromatic carbocycles. The van der Waals surface area contributed by atoms with Crippen LogP contribution in [0.15, 0.2) is 18.2 Å². The Morgan fingerprint density at radius 3 is 2.50 bits per heavy atom. The van der Waals surface area contributed by atoms with Crippen LogP contribution < -0.4 is 5.32 Å². The van der Waals surface area contributed by atoms with Crippen LogP contribution in [-0.2, 0) is 6.42 Å². The second-order valence-corrected chi connectivity index (χ2v) is 3.16. The van der Waals surface area contributed by atoms with E-state index in [2.05, 4.69) is 29.4 Å². The second-order valence-electron chi connectivity index (χ2n) is 3.16. The summed E-state index contributed by atoms with van der Waals surface area (Å²) in [5.74, 6) is 0. The molecule has 0 spiro atoms. The summed E-state index contributed by atoms with van der Waals surface area (Å²) in [7, 11) is 1.97. The standard InChI is InChI=1S/C10H16N2.2ClH/c1-8-5-4-6-10(12-8)7-9(2)11-3;;/h4-6,9,11H,7H2,1-3H3;2*1H. The maximum Gasteiger partial charge on any atom is 0.0422 e. The van der Waals surface area contributed by atoms with E-state index in [0.717, 1.165) is 17.8 Å². The van der Waals surface area contributed by atoms with Crippen molar-refractivity contribution >= 4 is 24.8 Å². The number of nitrogens with zero attached hydrogens (tertiary/aromatic N) is 1. The van der Waals surface area contributed by atoms with Gasteiger partial charge in [0.2, 0.25) is 0 Å². The van der Waals surface area contributed by atoms with E-state index >= 15 is 0 Å². The van der Waals surface area contributed by atoms with Crippen LogP contribution in [0.2, 0.25) is 0 Å². The van der Waals surface area contributed by atoms with Gasteiger partial charge in [0, 0.05) is 23.9 Å². The van der Waals surface area contributed by atoms with Crippen LogP contribution in [0.5, 0.6) is 0 Å². The molecule has 0 aliphatic rings. The molecule has 1 rings (SSSR count). The molecule has 1 aromatic heterocycles. The highest BCUT2D eigenvalue weighted by Gasteiger charge is 2.00. The quantitative estimate of drug-likeness (QED) is 0.873. The first-order chi connectivity index (χ1) is 5.72. The topological polar surface area (TPSA) is 24.9 Å². The molecule has 0 saturated carbocycles. The van der Waals surface area contributed by atoms with E-state index in [1.807, 2.05) is 20.0 Å². The fourth-order valence-corrected chi connectivity index (χ4v) is 1.13. The number of hydrogen-bond donors (Lipinski definition) is 1. The summed E-state index contributed by atoms with van der Waals surface area (Å²) in [6, 6.07) is 6.65. The van der Waals surface area contributed by atoms with E-state index in [1.165, 1.54) is 0 Å². The molecule has 0 saturated heterocycles. The zero-order valence-electron chi connectivity index (χ0n) is 8.78. The van der Waals surface area contributed by atoms with Gasteiger partial charge < -0.3 is 5.32 Å². The SMILES string of the molecule is CNC(C)Cc1cccc(C)n1.Cl.Cl. The average Bonchev–Trinajstić information content (AvgIpc) is 2.04. The predicted molar refractivity (Wildman–Crippen MR) is 65.7 cm³/mol. The van der Waals surface area contributed by atoms with E-state index in [4.69, 9.17) is 0 Å². The van der Waals surface area contributed by atoms with Crippen molar-refractivity contribution in [2.24, 2.45) is 0 Å². The van der Waals surface area contributed by atoms with E-state index < -0.39 is 0 Å². The molecule has 0 aliphatic heterocycles. The van der Waals surface area contributed by atoms with Crippen LogP contribution in [0, 0.1) is 6.92 Å². The van der Waals surface area contributed by atoms with E-state index in [9.17, 15) is 0 Å². The number of rotatable bonds is 3. The molecule has 0 aliphatic carbocycles. The van der Waals surface area contributed by atoms with Crippen LogP contribution in [0.3, 0.4) is 0 Å². The van der Waals surface area contributed by atoms with Gasteiger partial charge in [-0.3, -0.25) is 4.98 Å². The maximum atomic E-state index is 4.42. The summed E-state index contributed by atoms with van der Waals surface area (Å²) in [6.07, 6.45) is 0.998. The third-order valence-corrected chi connectivity index (χ3v) is 1.95. The molecular weight excluding hydrogens is 219 g/mol. The van der Waals surface area contributed by atoms with Crippen molar-refractivity contribution in [2.45, 2.75) is 26.3 Å². The zero-order valence-corrected chi connectivity index (χ0v) is 10.4. The van der Waals surface area contributed by atoms with Crippen molar-refractivity contribution in [1.82, 2.24) is 10.3 Å². The molecule has 0 bridgehead atoms. The Bertz CT molecular complexity index is 254. The highest BCUT2D eigenvalue weighted by atomic mass is 35.5. The van der Waals surface area contributed by atoms with Gasteiger partial charge in [-0.1, -0.05) is 6.07 Å². The van der Waals surface area contributed by atoms with Gasteiger partial charge in [0.05, 0.1) is 0 Å². The minimum Gasteiger partial charge on any atom is -0.317 e. The number of halogens is 2. The van der Waals surface area contributed by atoms with Crippen molar-refractivity contribution in [3.8, 4) is 0 Å². The summed E-state index contributed by atoms with van der Waals surface area (Å²) in [5, 5.41) is 3.19. The maximum absolute atomic E-state index is 4.42. The molecule has 0 radical (unpaired) electrons. The molecule has 1 aromatic rings. The van der Waals surface area contributed by atoms with Gasteiger partial charge >= 0.3 is 0 Å². The van der Waals surface area contributed by atoms with Gasteiger partial charge in [-0.25, -0.2) is 0 Å². The Balaban J connectivity index is 0. The Morgan fingerprint density at radius 2 is 2.00 bits per heavy atom. The fraction of sp³-hybridized carbons (Fsp3) is 0.500. The first kappa shape index (κ1) is 16.1. The Morgan fingerprint density at radius 1 is 1.36 bits per heavy atom. The van der Waals surface area contributed by atoms with Gasteiger partial charge in [-0.2, -0.15) is 0 Å². The van der Waals surface area contributed by atoms with Crippen LogP contribution in [0.4, 0.5) is 0 Å². The highest BCUT2D eigenvalue weighted by Crippen LogP contribution is 2.01. The first-order valence-corrected chi connectivity index (χ1v) is 4.32. The van der Waals surface area contributed by atoms with Gasteiger partial charge in [-0.05, 0) is 33.0 Å². The predicted octanol–water partition coefficient (Wildman–Crippen LogP) is 2.38. The summed E-state index contributed by atoms with van der Waals surface area (Å²) < 4.78 is 0. The minimum absolute atomic E-state index is 0. The third-order valence-electron chi connectivity index (χ3n) is 1.95. The third kappa shape index (κ3) is 5.43. The Labute approximate surface area is 98.3 Å². The molecule has 0 amide bonds. The molecule has 1 unspecified atom stereocenters. The Hall–Kier alpha value is -0.310. The lowest BCUT2D eigenvalue weighted by Gasteiger charge is -2.08. The number of hydrogen-bond acceptors (Lipinski definition) is 2. The molecule has 14 heavy (non-hydrogen) atoms. The molecule has 4 heteroatoms. The van der Waals surface area contributed by atoms with Crippen molar-refractivity contribution < 1.29 is 0 Å². The highest BCUT2D eigenvalue weighted by molar-refractivity contribution is 5.85.